The number of nitrogens with one attached hydrogen (secondary N) is 2. The molecule has 2 N–H and O–H groups in total. The minimum absolute atomic E-state index is 0.148. The fraction of sp³-hybridized carbons (Fsp3) is 0.722. The van der Waals surface area contributed by atoms with Gasteiger partial charge >= 0.3 is 0 Å². The van der Waals surface area contributed by atoms with E-state index >= 15 is 0 Å². The molecule has 1 aromatic rings. The number of carbonyl (C=O) groups excluding carboxylic acids is 1. The Morgan fingerprint density at radius 1 is 1.38 bits per heavy atom. The van der Waals surface area contributed by atoms with Crippen LogP contribution in [0.3, 0.4) is 0 Å². The number of nitrogens with zero attached hydrogens (tertiary/aromatic N) is 1. The summed E-state index contributed by atoms with van der Waals surface area (Å²) in [6.45, 7) is 6.83. The molecule has 1 aromatic heterocycles. The SMILES string of the molecule is CC1(OCC(=O)N(Cc2ccsc2)C2CC23CCNCC3)CNC1. The van der Waals surface area contributed by atoms with Crippen LogP contribution >= 0.6 is 11.3 Å². The Morgan fingerprint density at radius 2 is 2.17 bits per heavy atom. The summed E-state index contributed by atoms with van der Waals surface area (Å²) in [7, 11) is 0. The molecular formula is C18H27N3O2S. The molecule has 1 unspecified atom stereocenters. The highest BCUT2D eigenvalue weighted by atomic mass is 32.1. The molecule has 6 heteroatoms. The average molecular weight is 350 g/mol. The van der Waals surface area contributed by atoms with E-state index in [1.54, 1.807) is 11.3 Å². The van der Waals surface area contributed by atoms with Crippen molar-refractivity contribution in [2.24, 2.45) is 5.41 Å². The quantitative estimate of drug-likeness (QED) is 0.819. The van der Waals surface area contributed by atoms with Crippen molar-refractivity contribution >= 4 is 17.2 Å². The summed E-state index contributed by atoms with van der Waals surface area (Å²) >= 11 is 1.70. The van der Waals surface area contributed by atoms with Gasteiger partial charge in [-0.05, 0) is 67.1 Å². The number of piperidine rings is 1. The van der Waals surface area contributed by atoms with E-state index in [-0.39, 0.29) is 18.1 Å². The Bertz CT molecular complexity index is 579. The van der Waals surface area contributed by atoms with E-state index in [4.69, 9.17) is 4.74 Å². The highest BCUT2D eigenvalue weighted by Gasteiger charge is 2.57. The molecule has 0 radical (unpaired) electrons. The van der Waals surface area contributed by atoms with Crippen LogP contribution in [0.2, 0.25) is 0 Å². The van der Waals surface area contributed by atoms with Crippen molar-refractivity contribution < 1.29 is 9.53 Å². The summed E-state index contributed by atoms with van der Waals surface area (Å²) in [4.78, 5) is 15.0. The summed E-state index contributed by atoms with van der Waals surface area (Å²) < 4.78 is 5.92. The maximum Gasteiger partial charge on any atom is 0.249 e. The summed E-state index contributed by atoms with van der Waals surface area (Å²) in [6, 6.07) is 2.52. The number of hydrogen-bond acceptors (Lipinski definition) is 5. The van der Waals surface area contributed by atoms with E-state index in [1.165, 1.54) is 18.4 Å². The third-order valence-corrected chi connectivity index (χ3v) is 6.65. The first kappa shape index (κ1) is 16.5. The Hall–Kier alpha value is -0.950. The van der Waals surface area contributed by atoms with Gasteiger partial charge in [0.25, 0.3) is 0 Å². The topological polar surface area (TPSA) is 53.6 Å². The van der Waals surface area contributed by atoms with E-state index in [0.717, 1.165) is 39.1 Å². The second-order valence-electron chi connectivity index (χ2n) is 7.83. The molecular weight excluding hydrogens is 322 g/mol. The van der Waals surface area contributed by atoms with Crippen LogP contribution in [0.15, 0.2) is 16.8 Å². The zero-order valence-electron chi connectivity index (χ0n) is 14.3. The molecule has 0 bridgehead atoms. The monoisotopic (exact) mass is 349 g/mol. The first-order chi connectivity index (χ1) is 11.6. The minimum atomic E-state index is -0.167. The fourth-order valence-electron chi connectivity index (χ4n) is 4.08. The van der Waals surface area contributed by atoms with Crippen molar-refractivity contribution in [3.63, 3.8) is 0 Å². The van der Waals surface area contributed by atoms with Crippen LogP contribution in [0.1, 0.15) is 31.7 Å². The molecule has 1 spiro atoms. The second kappa shape index (κ2) is 6.41. The Labute approximate surface area is 147 Å². The first-order valence-corrected chi connectivity index (χ1v) is 9.91. The summed E-state index contributed by atoms with van der Waals surface area (Å²) in [5.74, 6) is 0.148. The second-order valence-corrected chi connectivity index (χ2v) is 8.61. The molecule has 5 nitrogen and oxygen atoms in total. The molecule has 4 rings (SSSR count). The standard InChI is InChI=1S/C18H27N3O2S/c1-17(12-20-13-17)23-10-16(22)21(9-14-2-7-24-11-14)15-8-18(15)3-5-19-6-4-18/h2,7,11,15,19-20H,3-6,8-10,12-13H2,1H3. The molecule has 1 atom stereocenters. The van der Waals surface area contributed by atoms with Crippen LogP contribution in [0.25, 0.3) is 0 Å². The van der Waals surface area contributed by atoms with Crippen molar-refractivity contribution in [3.05, 3.63) is 22.4 Å². The van der Waals surface area contributed by atoms with Gasteiger partial charge in [0, 0.05) is 25.7 Å². The minimum Gasteiger partial charge on any atom is -0.363 e. The molecule has 3 fully saturated rings. The van der Waals surface area contributed by atoms with Gasteiger partial charge < -0.3 is 20.3 Å². The number of hydrogen-bond donors (Lipinski definition) is 2. The lowest BCUT2D eigenvalue weighted by Gasteiger charge is -2.39. The Kier molecular flexibility index (Phi) is 4.41. The molecule has 24 heavy (non-hydrogen) atoms. The third-order valence-electron chi connectivity index (χ3n) is 5.92. The van der Waals surface area contributed by atoms with Crippen LogP contribution in [0, 0.1) is 5.41 Å². The number of amides is 1. The van der Waals surface area contributed by atoms with Gasteiger partial charge in [0.1, 0.15) is 6.61 Å². The number of thiophene rings is 1. The van der Waals surface area contributed by atoms with E-state index in [1.807, 2.05) is 0 Å². The summed E-state index contributed by atoms with van der Waals surface area (Å²) in [6.07, 6.45) is 3.53. The van der Waals surface area contributed by atoms with Gasteiger partial charge in [0.2, 0.25) is 5.91 Å². The average Bonchev–Trinajstić information content (AvgIpc) is 2.99. The van der Waals surface area contributed by atoms with Gasteiger partial charge in [-0.3, -0.25) is 4.79 Å². The lowest BCUT2D eigenvalue weighted by Crippen LogP contribution is -2.59. The molecule has 2 aliphatic heterocycles. The van der Waals surface area contributed by atoms with Crippen molar-refractivity contribution in [3.8, 4) is 0 Å². The fourth-order valence-corrected chi connectivity index (χ4v) is 4.74. The van der Waals surface area contributed by atoms with Gasteiger partial charge in [-0.25, -0.2) is 0 Å². The molecule has 3 heterocycles. The number of ether oxygens (including phenoxy) is 1. The van der Waals surface area contributed by atoms with E-state index in [9.17, 15) is 4.79 Å². The van der Waals surface area contributed by atoms with Crippen molar-refractivity contribution in [1.82, 2.24) is 15.5 Å². The predicted octanol–water partition coefficient (Wildman–Crippen LogP) is 1.60. The predicted molar refractivity (Wildman–Crippen MR) is 95.0 cm³/mol. The van der Waals surface area contributed by atoms with Gasteiger partial charge in [-0.15, -0.1) is 0 Å². The van der Waals surface area contributed by atoms with E-state index in [0.29, 0.717) is 11.5 Å². The summed E-state index contributed by atoms with van der Waals surface area (Å²) in [5, 5.41) is 10.9. The number of carbonyl (C=O) groups is 1. The van der Waals surface area contributed by atoms with E-state index < -0.39 is 0 Å². The zero-order chi connectivity index (χ0) is 16.6. The van der Waals surface area contributed by atoms with Crippen LogP contribution in [0.4, 0.5) is 0 Å². The number of rotatable bonds is 6. The zero-order valence-corrected chi connectivity index (χ0v) is 15.2. The molecule has 2 saturated heterocycles. The first-order valence-electron chi connectivity index (χ1n) is 8.96. The van der Waals surface area contributed by atoms with Crippen LogP contribution in [0.5, 0.6) is 0 Å². The Morgan fingerprint density at radius 3 is 2.79 bits per heavy atom. The molecule has 1 aliphatic carbocycles. The normalized spacial score (nSPS) is 26.8. The van der Waals surface area contributed by atoms with Gasteiger partial charge in [-0.1, -0.05) is 0 Å². The molecule has 0 aromatic carbocycles. The summed E-state index contributed by atoms with van der Waals surface area (Å²) in [5.41, 5.74) is 1.43. The largest absolute Gasteiger partial charge is 0.363 e. The highest BCUT2D eigenvalue weighted by molar-refractivity contribution is 7.07. The van der Waals surface area contributed by atoms with Gasteiger partial charge in [-0.2, -0.15) is 11.3 Å². The molecule has 1 amide bonds. The Balaban J connectivity index is 1.43. The lowest BCUT2D eigenvalue weighted by molar-refractivity contribution is -0.147. The highest BCUT2D eigenvalue weighted by Crippen LogP contribution is 2.56. The van der Waals surface area contributed by atoms with Crippen LogP contribution < -0.4 is 10.6 Å². The maximum absolute atomic E-state index is 12.9. The third kappa shape index (κ3) is 3.25. The van der Waals surface area contributed by atoms with Crippen molar-refractivity contribution in [1.29, 1.82) is 0 Å². The molecule has 3 aliphatic rings. The van der Waals surface area contributed by atoms with Crippen molar-refractivity contribution in [2.45, 2.75) is 44.4 Å². The molecule has 1 saturated carbocycles. The maximum atomic E-state index is 12.9. The van der Waals surface area contributed by atoms with Gasteiger partial charge in [0.15, 0.2) is 0 Å². The van der Waals surface area contributed by atoms with E-state index in [2.05, 4.69) is 39.3 Å². The van der Waals surface area contributed by atoms with Crippen molar-refractivity contribution in [2.75, 3.05) is 32.8 Å². The van der Waals surface area contributed by atoms with Crippen LogP contribution in [-0.2, 0) is 16.1 Å². The smallest absolute Gasteiger partial charge is 0.249 e. The van der Waals surface area contributed by atoms with Crippen LogP contribution in [-0.4, -0.2) is 55.2 Å². The molecule has 132 valence electrons. The van der Waals surface area contributed by atoms with Gasteiger partial charge in [0.05, 0.1) is 5.60 Å². The lowest BCUT2D eigenvalue weighted by atomic mass is 9.93.